The number of carbonyl (C=O) groups excluding carboxylic acids is 1. The molecule has 4 aromatic rings. The number of fused-ring (bicyclic) bond motifs is 1. The number of hydrogen-bond donors (Lipinski definition) is 0. The standard InChI is InChI=1S/C39H44N2O6/c1-43-23-8-20-40-22-24-44-37-18-13-32(25-36(37)40)29-46-38-26-41(39(42)47-28-31-11-6-3-7-12-31)21-19-35(38)33-14-16-34(17-15-33)45-27-30-9-4-2-5-10-30/h2-7,9-18,25,35,38H,8,19-24,26-29H2,1H3. The smallest absolute Gasteiger partial charge is 0.410 e. The van der Waals surface area contributed by atoms with E-state index >= 15 is 0 Å². The summed E-state index contributed by atoms with van der Waals surface area (Å²) >= 11 is 0. The van der Waals surface area contributed by atoms with Crippen LogP contribution in [-0.4, -0.2) is 63.6 Å². The van der Waals surface area contributed by atoms with Gasteiger partial charge in [0.1, 0.15) is 31.3 Å². The van der Waals surface area contributed by atoms with Crippen molar-refractivity contribution in [2.24, 2.45) is 0 Å². The van der Waals surface area contributed by atoms with Gasteiger partial charge < -0.3 is 33.5 Å². The highest BCUT2D eigenvalue weighted by molar-refractivity contribution is 5.68. The lowest BCUT2D eigenvalue weighted by Crippen LogP contribution is -2.47. The van der Waals surface area contributed by atoms with Gasteiger partial charge in [0.15, 0.2) is 0 Å². The van der Waals surface area contributed by atoms with Crippen LogP contribution in [0.4, 0.5) is 10.5 Å². The van der Waals surface area contributed by atoms with Gasteiger partial charge in [0.05, 0.1) is 31.5 Å². The SMILES string of the molecule is COCCCN1CCOc2ccc(COC3CN(C(=O)OCc4ccccc4)CCC3c3ccc(OCc4ccccc4)cc3)cc21. The van der Waals surface area contributed by atoms with Gasteiger partial charge >= 0.3 is 6.09 Å². The Labute approximate surface area is 277 Å². The summed E-state index contributed by atoms with van der Waals surface area (Å²) in [7, 11) is 1.74. The molecule has 0 bridgehead atoms. The van der Waals surface area contributed by atoms with Gasteiger partial charge in [0.25, 0.3) is 0 Å². The van der Waals surface area contributed by atoms with E-state index in [0.29, 0.717) is 32.9 Å². The predicted octanol–water partition coefficient (Wildman–Crippen LogP) is 7.21. The minimum atomic E-state index is -0.316. The van der Waals surface area contributed by atoms with E-state index < -0.39 is 0 Å². The van der Waals surface area contributed by atoms with Crippen molar-refractivity contribution in [1.82, 2.24) is 4.90 Å². The highest BCUT2D eigenvalue weighted by Gasteiger charge is 2.34. The van der Waals surface area contributed by atoms with Crippen LogP contribution >= 0.6 is 0 Å². The van der Waals surface area contributed by atoms with Gasteiger partial charge in [-0.2, -0.15) is 0 Å². The van der Waals surface area contributed by atoms with E-state index in [1.165, 1.54) is 5.56 Å². The Bertz CT molecular complexity index is 1550. The summed E-state index contributed by atoms with van der Waals surface area (Å²) in [6, 6.07) is 34.5. The van der Waals surface area contributed by atoms with Crippen LogP contribution < -0.4 is 14.4 Å². The second kappa shape index (κ2) is 16.3. The minimum Gasteiger partial charge on any atom is -0.490 e. The average Bonchev–Trinajstić information content (AvgIpc) is 3.13. The van der Waals surface area contributed by atoms with E-state index in [1.54, 1.807) is 12.0 Å². The highest BCUT2D eigenvalue weighted by Crippen LogP contribution is 2.35. The van der Waals surface area contributed by atoms with Crippen LogP contribution in [0.25, 0.3) is 0 Å². The normalized spacial score (nSPS) is 17.5. The number of benzene rings is 4. The number of amides is 1. The quantitative estimate of drug-likeness (QED) is 0.144. The molecule has 2 atom stereocenters. The average molecular weight is 637 g/mol. The second-order valence-electron chi connectivity index (χ2n) is 12.1. The monoisotopic (exact) mass is 636 g/mol. The molecule has 0 saturated carbocycles. The van der Waals surface area contributed by atoms with E-state index in [-0.39, 0.29) is 24.7 Å². The number of hydrogen-bond acceptors (Lipinski definition) is 7. The first-order chi connectivity index (χ1) is 23.2. The molecule has 47 heavy (non-hydrogen) atoms. The van der Waals surface area contributed by atoms with Crippen LogP contribution in [0.2, 0.25) is 0 Å². The van der Waals surface area contributed by atoms with Crippen molar-refractivity contribution in [2.75, 3.05) is 51.4 Å². The van der Waals surface area contributed by atoms with E-state index in [1.807, 2.05) is 66.7 Å². The summed E-state index contributed by atoms with van der Waals surface area (Å²) in [4.78, 5) is 17.3. The number of carbonyl (C=O) groups is 1. The Balaban J connectivity index is 1.14. The zero-order chi connectivity index (χ0) is 32.3. The number of piperidine rings is 1. The summed E-state index contributed by atoms with van der Waals surface area (Å²) in [5.74, 6) is 1.83. The third kappa shape index (κ3) is 8.84. The van der Waals surface area contributed by atoms with Crippen LogP contribution in [0, 0.1) is 0 Å². The van der Waals surface area contributed by atoms with Gasteiger partial charge in [0, 0.05) is 32.7 Å². The molecule has 2 unspecified atom stereocenters. The van der Waals surface area contributed by atoms with Gasteiger partial charge in [-0.15, -0.1) is 0 Å². The largest absolute Gasteiger partial charge is 0.490 e. The molecule has 2 aliphatic heterocycles. The fourth-order valence-corrected chi connectivity index (χ4v) is 6.24. The summed E-state index contributed by atoms with van der Waals surface area (Å²) < 4.78 is 29.6. The first-order valence-corrected chi connectivity index (χ1v) is 16.5. The first-order valence-electron chi connectivity index (χ1n) is 16.5. The van der Waals surface area contributed by atoms with Crippen LogP contribution in [0.5, 0.6) is 11.5 Å². The van der Waals surface area contributed by atoms with E-state index in [9.17, 15) is 4.79 Å². The number of likely N-dealkylation sites (tertiary alicyclic amines) is 1. The third-order valence-electron chi connectivity index (χ3n) is 8.80. The topological polar surface area (TPSA) is 69.7 Å². The van der Waals surface area contributed by atoms with Crippen LogP contribution in [0.1, 0.15) is 41.0 Å². The number of rotatable bonds is 13. The molecule has 0 radical (unpaired) electrons. The molecule has 246 valence electrons. The molecule has 2 heterocycles. The lowest BCUT2D eigenvalue weighted by Gasteiger charge is -2.38. The van der Waals surface area contributed by atoms with Crippen LogP contribution in [0.3, 0.4) is 0 Å². The second-order valence-corrected chi connectivity index (χ2v) is 12.1. The van der Waals surface area contributed by atoms with E-state index in [2.05, 4.69) is 41.3 Å². The van der Waals surface area contributed by atoms with Gasteiger partial charge in [-0.3, -0.25) is 0 Å². The minimum absolute atomic E-state index is 0.114. The lowest BCUT2D eigenvalue weighted by atomic mass is 9.87. The molecule has 8 nitrogen and oxygen atoms in total. The van der Waals surface area contributed by atoms with Gasteiger partial charge in [-0.05, 0) is 59.4 Å². The van der Waals surface area contributed by atoms with Gasteiger partial charge in [-0.25, -0.2) is 4.79 Å². The molecule has 4 aromatic carbocycles. The molecule has 1 fully saturated rings. The molecule has 1 amide bonds. The number of nitrogens with zero attached hydrogens (tertiary/aromatic N) is 2. The number of anilines is 1. The van der Waals surface area contributed by atoms with Gasteiger partial charge in [0.2, 0.25) is 0 Å². The Morgan fingerprint density at radius 3 is 2.32 bits per heavy atom. The third-order valence-corrected chi connectivity index (χ3v) is 8.80. The molecule has 6 rings (SSSR count). The van der Waals surface area contributed by atoms with E-state index in [4.69, 9.17) is 23.7 Å². The van der Waals surface area contributed by atoms with E-state index in [0.717, 1.165) is 66.4 Å². The number of ether oxygens (including phenoxy) is 5. The zero-order valence-corrected chi connectivity index (χ0v) is 27.1. The van der Waals surface area contributed by atoms with Crippen molar-refractivity contribution in [1.29, 1.82) is 0 Å². The molecular weight excluding hydrogens is 592 g/mol. The molecule has 0 aliphatic carbocycles. The number of methoxy groups -OCH3 is 1. The molecule has 2 aliphatic rings. The van der Waals surface area contributed by atoms with Crippen LogP contribution in [-0.2, 0) is 34.0 Å². The van der Waals surface area contributed by atoms with Crippen molar-refractivity contribution in [3.63, 3.8) is 0 Å². The zero-order valence-electron chi connectivity index (χ0n) is 27.1. The Morgan fingerprint density at radius 2 is 1.57 bits per heavy atom. The summed E-state index contributed by atoms with van der Waals surface area (Å²) in [5.41, 5.74) is 5.42. The maximum absolute atomic E-state index is 13.2. The lowest BCUT2D eigenvalue weighted by molar-refractivity contribution is -0.0246. The van der Waals surface area contributed by atoms with Crippen molar-refractivity contribution in [2.45, 2.75) is 44.7 Å². The highest BCUT2D eigenvalue weighted by atomic mass is 16.6. The first kappa shape index (κ1) is 32.4. The summed E-state index contributed by atoms with van der Waals surface area (Å²) in [6.45, 7) is 5.37. The molecule has 0 spiro atoms. The van der Waals surface area contributed by atoms with Crippen molar-refractivity contribution in [3.8, 4) is 11.5 Å². The Kier molecular flexibility index (Phi) is 11.3. The van der Waals surface area contributed by atoms with Crippen LogP contribution in [0.15, 0.2) is 103 Å². The van der Waals surface area contributed by atoms with Crippen molar-refractivity contribution >= 4 is 11.8 Å². The van der Waals surface area contributed by atoms with Crippen molar-refractivity contribution < 1.29 is 28.5 Å². The molecule has 0 aromatic heterocycles. The maximum Gasteiger partial charge on any atom is 0.410 e. The summed E-state index contributed by atoms with van der Waals surface area (Å²) in [6.07, 6.45) is 1.19. The Hall–Kier alpha value is -4.53. The molecular formula is C39H44N2O6. The molecule has 0 N–H and O–H groups in total. The fourth-order valence-electron chi connectivity index (χ4n) is 6.24. The fraction of sp³-hybridized carbons (Fsp3) is 0.359. The summed E-state index contributed by atoms with van der Waals surface area (Å²) in [5, 5.41) is 0. The Morgan fingerprint density at radius 1 is 0.830 bits per heavy atom. The predicted molar refractivity (Wildman–Crippen MR) is 182 cm³/mol. The molecule has 8 heteroatoms. The molecule has 1 saturated heterocycles. The van der Waals surface area contributed by atoms with Crippen molar-refractivity contribution in [3.05, 3.63) is 125 Å². The van der Waals surface area contributed by atoms with Gasteiger partial charge in [-0.1, -0.05) is 78.9 Å². The maximum atomic E-state index is 13.2.